The highest BCUT2D eigenvalue weighted by Gasteiger charge is 2.14. The quantitative estimate of drug-likeness (QED) is 0.787. The number of sulfonamides is 1. The second-order valence-electron chi connectivity index (χ2n) is 3.54. The first kappa shape index (κ1) is 13.4. The summed E-state index contributed by atoms with van der Waals surface area (Å²) in [5.74, 6) is -1.71. The van der Waals surface area contributed by atoms with Gasteiger partial charge in [0.15, 0.2) is 0 Å². The van der Waals surface area contributed by atoms with Crippen LogP contribution < -0.4 is 4.72 Å². The van der Waals surface area contributed by atoms with Crippen LogP contribution in [0.4, 0.5) is 5.95 Å². The minimum Gasteiger partial charge on any atom is -0.481 e. The summed E-state index contributed by atoms with van der Waals surface area (Å²) >= 11 is 0. The molecule has 0 fully saturated rings. The lowest BCUT2D eigenvalue weighted by Gasteiger charge is -2.06. The zero-order valence-electron chi connectivity index (χ0n) is 9.47. The fourth-order valence-electron chi connectivity index (χ4n) is 1.18. The smallest absolute Gasteiger partial charge is 0.304 e. The summed E-state index contributed by atoms with van der Waals surface area (Å²) in [6.45, 7) is 3.42. The molecule has 0 unspecified atom stereocenters. The van der Waals surface area contributed by atoms with Crippen LogP contribution in [0.1, 0.15) is 17.8 Å². The van der Waals surface area contributed by atoms with Gasteiger partial charge in [0.2, 0.25) is 16.0 Å². The van der Waals surface area contributed by atoms with E-state index in [1.54, 1.807) is 19.9 Å². The number of aryl methyl sites for hydroxylation is 2. The van der Waals surface area contributed by atoms with Crippen LogP contribution in [0.5, 0.6) is 0 Å². The predicted octanol–water partition coefficient (Wildman–Crippen LogP) is 0.310. The highest BCUT2D eigenvalue weighted by atomic mass is 32.2. The molecule has 0 bridgehead atoms. The zero-order chi connectivity index (χ0) is 13.1. The van der Waals surface area contributed by atoms with Gasteiger partial charge in [0, 0.05) is 11.4 Å². The SMILES string of the molecule is Cc1cc(C)nc(NS(=O)(=O)CCC(=O)O)n1. The minimum atomic E-state index is -3.72. The van der Waals surface area contributed by atoms with E-state index in [1.807, 2.05) is 0 Å². The Morgan fingerprint density at radius 2 is 1.88 bits per heavy atom. The Bertz CT molecular complexity index is 507. The second kappa shape index (κ2) is 5.09. The molecule has 1 aromatic heterocycles. The molecule has 2 N–H and O–H groups in total. The fourth-order valence-corrected chi connectivity index (χ4v) is 2.10. The lowest BCUT2D eigenvalue weighted by Crippen LogP contribution is -2.20. The number of hydrogen-bond donors (Lipinski definition) is 2. The maximum Gasteiger partial charge on any atom is 0.304 e. The summed E-state index contributed by atoms with van der Waals surface area (Å²) < 4.78 is 25.1. The molecule has 94 valence electrons. The Balaban J connectivity index is 2.79. The Labute approximate surface area is 99.0 Å². The number of carboxylic acid groups (broad SMARTS) is 1. The first-order valence-corrected chi connectivity index (χ1v) is 6.48. The average molecular weight is 259 g/mol. The average Bonchev–Trinajstić information content (AvgIpc) is 2.12. The highest BCUT2D eigenvalue weighted by molar-refractivity contribution is 7.92. The van der Waals surface area contributed by atoms with Crippen molar-refractivity contribution < 1.29 is 18.3 Å². The maximum atomic E-state index is 11.5. The summed E-state index contributed by atoms with van der Waals surface area (Å²) in [5.41, 5.74) is 1.27. The minimum absolute atomic E-state index is 0.0344. The number of carbonyl (C=O) groups is 1. The van der Waals surface area contributed by atoms with Crippen LogP contribution in [0.3, 0.4) is 0 Å². The molecule has 0 aliphatic carbocycles. The van der Waals surface area contributed by atoms with Crippen LogP contribution in [0, 0.1) is 13.8 Å². The van der Waals surface area contributed by atoms with Gasteiger partial charge in [-0.15, -0.1) is 0 Å². The van der Waals surface area contributed by atoms with Crippen LogP contribution in [-0.2, 0) is 14.8 Å². The van der Waals surface area contributed by atoms with Crippen molar-refractivity contribution in [3.05, 3.63) is 17.5 Å². The van der Waals surface area contributed by atoms with Gasteiger partial charge in [-0.1, -0.05) is 0 Å². The number of nitrogens with one attached hydrogen (secondary N) is 1. The Kier molecular flexibility index (Phi) is 4.00. The third-order valence-corrected chi connectivity index (χ3v) is 3.05. The van der Waals surface area contributed by atoms with E-state index < -0.39 is 28.2 Å². The van der Waals surface area contributed by atoms with Crippen LogP contribution in [0.25, 0.3) is 0 Å². The lowest BCUT2D eigenvalue weighted by molar-refractivity contribution is -0.136. The van der Waals surface area contributed by atoms with Gasteiger partial charge in [-0.25, -0.2) is 18.4 Å². The van der Waals surface area contributed by atoms with Gasteiger partial charge in [-0.3, -0.25) is 9.52 Å². The van der Waals surface area contributed by atoms with Crippen molar-refractivity contribution >= 4 is 21.9 Å². The van der Waals surface area contributed by atoms with Crippen LogP contribution in [-0.4, -0.2) is 35.2 Å². The second-order valence-corrected chi connectivity index (χ2v) is 5.38. The van der Waals surface area contributed by atoms with Gasteiger partial charge in [0.1, 0.15) is 0 Å². The molecule has 0 aromatic carbocycles. The Morgan fingerprint density at radius 1 is 1.35 bits per heavy atom. The summed E-state index contributed by atoms with van der Waals surface area (Å²) in [7, 11) is -3.72. The topological polar surface area (TPSA) is 109 Å². The summed E-state index contributed by atoms with van der Waals surface area (Å²) in [6.07, 6.45) is -0.458. The Hall–Kier alpha value is -1.70. The number of hydrogen-bond acceptors (Lipinski definition) is 5. The molecular weight excluding hydrogens is 246 g/mol. The van der Waals surface area contributed by atoms with Crippen LogP contribution >= 0.6 is 0 Å². The lowest BCUT2D eigenvalue weighted by atomic mass is 10.4. The van der Waals surface area contributed by atoms with Crippen molar-refractivity contribution in [1.82, 2.24) is 9.97 Å². The van der Waals surface area contributed by atoms with Gasteiger partial charge < -0.3 is 5.11 Å². The summed E-state index contributed by atoms with van der Waals surface area (Å²) in [4.78, 5) is 18.1. The van der Waals surface area contributed by atoms with E-state index in [9.17, 15) is 13.2 Å². The van der Waals surface area contributed by atoms with Gasteiger partial charge in [-0.2, -0.15) is 0 Å². The van der Waals surface area contributed by atoms with Crippen molar-refractivity contribution in [2.45, 2.75) is 20.3 Å². The Morgan fingerprint density at radius 3 is 2.35 bits per heavy atom. The highest BCUT2D eigenvalue weighted by Crippen LogP contribution is 2.06. The zero-order valence-corrected chi connectivity index (χ0v) is 10.3. The largest absolute Gasteiger partial charge is 0.481 e. The molecule has 1 rings (SSSR count). The van der Waals surface area contributed by atoms with Crippen LogP contribution in [0.2, 0.25) is 0 Å². The van der Waals surface area contributed by atoms with E-state index in [0.29, 0.717) is 11.4 Å². The molecular formula is C9H13N3O4S. The summed E-state index contributed by atoms with van der Waals surface area (Å²) in [6, 6.07) is 1.70. The van der Waals surface area contributed by atoms with Crippen molar-refractivity contribution in [1.29, 1.82) is 0 Å². The molecule has 0 spiro atoms. The van der Waals surface area contributed by atoms with Crippen molar-refractivity contribution in [3.63, 3.8) is 0 Å². The maximum absolute atomic E-state index is 11.5. The molecule has 0 aliphatic rings. The normalized spacial score (nSPS) is 11.2. The van der Waals surface area contributed by atoms with Gasteiger partial charge >= 0.3 is 5.97 Å². The van der Waals surface area contributed by atoms with Gasteiger partial charge in [0.05, 0.1) is 12.2 Å². The first-order chi connectivity index (χ1) is 7.78. The fraction of sp³-hybridized carbons (Fsp3) is 0.444. The molecule has 1 aromatic rings. The number of aliphatic carboxylic acids is 1. The molecule has 1 heterocycles. The molecule has 0 saturated carbocycles. The van der Waals surface area contributed by atoms with E-state index in [0.717, 1.165) is 0 Å². The molecule has 17 heavy (non-hydrogen) atoms. The number of aromatic nitrogens is 2. The van der Waals surface area contributed by atoms with Gasteiger partial charge in [0.25, 0.3) is 0 Å². The number of nitrogens with zero attached hydrogens (tertiary/aromatic N) is 2. The van der Waals surface area contributed by atoms with Crippen molar-refractivity contribution in [2.75, 3.05) is 10.5 Å². The standard InChI is InChI=1S/C9H13N3O4S/c1-6-5-7(2)11-9(10-6)12-17(15,16)4-3-8(13)14/h5H,3-4H2,1-2H3,(H,13,14)(H,10,11,12). The van der Waals surface area contributed by atoms with Gasteiger partial charge in [-0.05, 0) is 19.9 Å². The third-order valence-electron chi connectivity index (χ3n) is 1.81. The first-order valence-electron chi connectivity index (χ1n) is 4.83. The van der Waals surface area contributed by atoms with Crippen LogP contribution in [0.15, 0.2) is 6.07 Å². The molecule has 0 atom stereocenters. The van der Waals surface area contributed by atoms with E-state index >= 15 is 0 Å². The number of carboxylic acids is 1. The number of anilines is 1. The van der Waals surface area contributed by atoms with E-state index in [-0.39, 0.29) is 5.95 Å². The predicted molar refractivity (Wildman–Crippen MR) is 61.2 cm³/mol. The molecule has 0 saturated heterocycles. The monoisotopic (exact) mass is 259 g/mol. The summed E-state index contributed by atoms with van der Waals surface area (Å²) in [5, 5.41) is 8.41. The van der Waals surface area contributed by atoms with Crippen molar-refractivity contribution in [3.8, 4) is 0 Å². The molecule has 0 radical (unpaired) electrons. The third kappa shape index (κ3) is 4.77. The molecule has 7 nitrogen and oxygen atoms in total. The van der Waals surface area contributed by atoms with E-state index in [1.165, 1.54) is 0 Å². The van der Waals surface area contributed by atoms with E-state index in [4.69, 9.17) is 5.11 Å². The molecule has 8 heteroatoms. The molecule has 0 amide bonds. The van der Waals surface area contributed by atoms with Crippen molar-refractivity contribution in [2.24, 2.45) is 0 Å². The number of rotatable bonds is 5. The van der Waals surface area contributed by atoms with E-state index in [2.05, 4.69) is 14.7 Å². The molecule has 0 aliphatic heterocycles.